The van der Waals surface area contributed by atoms with Crippen molar-refractivity contribution in [1.82, 2.24) is 0 Å². The monoisotopic (exact) mass is 253 g/mol. The normalized spacial score (nSPS) is 11.8. The van der Waals surface area contributed by atoms with Crippen molar-refractivity contribution in [2.75, 3.05) is 0 Å². The van der Waals surface area contributed by atoms with E-state index < -0.39 is 0 Å². The summed E-state index contributed by atoms with van der Waals surface area (Å²) in [5.41, 5.74) is 7.22. The van der Waals surface area contributed by atoms with E-state index >= 15 is 0 Å². The molecule has 19 heavy (non-hydrogen) atoms. The van der Waals surface area contributed by atoms with Crippen LogP contribution >= 0.6 is 0 Å². The Morgan fingerprint density at radius 1 is 1.00 bits per heavy atom. The van der Waals surface area contributed by atoms with Crippen LogP contribution in [0.1, 0.15) is 24.4 Å². The highest BCUT2D eigenvalue weighted by Gasteiger charge is 2.05. The fourth-order valence-corrected chi connectivity index (χ4v) is 1.87. The van der Waals surface area contributed by atoms with E-state index in [1.165, 1.54) is 0 Å². The zero-order chi connectivity index (χ0) is 13.5. The van der Waals surface area contributed by atoms with Gasteiger partial charge in [0.15, 0.2) is 0 Å². The second kappa shape index (κ2) is 6.76. The zero-order valence-corrected chi connectivity index (χ0v) is 11.0. The molecule has 2 heteroatoms. The molecule has 98 valence electrons. The Kier molecular flexibility index (Phi) is 4.76. The Morgan fingerprint density at radius 2 is 1.63 bits per heavy atom. The molecule has 0 amide bonds. The Hall–Kier alpha value is -2.06. The van der Waals surface area contributed by atoms with Crippen LogP contribution in [0.15, 0.2) is 67.3 Å². The molecule has 1 unspecified atom stereocenters. The summed E-state index contributed by atoms with van der Waals surface area (Å²) in [5, 5.41) is 0. The van der Waals surface area contributed by atoms with Gasteiger partial charge in [-0.15, -0.1) is 6.58 Å². The number of benzene rings is 2. The summed E-state index contributed by atoms with van der Waals surface area (Å²) >= 11 is 0. The lowest BCUT2D eigenvalue weighted by atomic mass is 10.0. The topological polar surface area (TPSA) is 35.2 Å². The first kappa shape index (κ1) is 13.4. The maximum absolute atomic E-state index is 6.10. The van der Waals surface area contributed by atoms with Gasteiger partial charge < -0.3 is 10.5 Å². The summed E-state index contributed by atoms with van der Waals surface area (Å²) in [6, 6.07) is 17.7. The van der Waals surface area contributed by atoms with Gasteiger partial charge in [-0.1, -0.05) is 36.4 Å². The molecule has 0 aliphatic carbocycles. The van der Waals surface area contributed by atoms with Crippen molar-refractivity contribution < 1.29 is 4.74 Å². The van der Waals surface area contributed by atoms with E-state index in [4.69, 9.17) is 10.5 Å². The van der Waals surface area contributed by atoms with Crippen molar-refractivity contribution in [2.45, 2.75) is 18.9 Å². The summed E-state index contributed by atoms with van der Waals surface area (Å²) < 4.78 is 5.74. The SMILES string of the molecule is C=CCCC(N)c1ccc(Oc2ccccc2)cc1. The molecular weight excluding hydrogens is 234 g/mol. The largest absolute Gasteiger partial charge is 0.457 e. The molecule has 0 saturated carbocycles. The van der Waals surface area contributed by atoms with Crippen LogP contribution in [0.4, 0.5) is 0 Å². The molecule has 0 heterocycles. The summed E-state index contributed by atoms with van der Waals surface area (Å²) in [4.78, 5) is 0. The van der Waals surface area contributed by atoms with Crippen LogP contribution in [0.5, 0.6) is 11.5 Å². The molecule has 0 fully saturated rings. The first-order valence-corrected chi connectivity index (χ1v) is 6.49. The highest BCUT2D eigenvalue weighted by Crippen LogP contribution is 2.23. The lowest BCUT2D eigenvalue weighted by Crippen LogP contribution is -2.09. The Labute approximate surface area is 114 Å². The molecule has 0 radical (unpaired) electrons. The van der Waals surface area contributed by atoms with Crippen LogP contribution in [0.2, 0.25) is 0 Å². The third-order valence-electron chi connectivity index (χ3n) is 2.97. The van der Waals surface area contributed by atoms with E-state index in [2.05, 4.69) is 6.58 Å². The second-order valence-electron chi connectivity index (χ2n) is 4.46. The van der Waals surface area contributed by atoms with E-state index in [0.717, 1.165) is 29.9 Å². The van der Waals surface area contributed by atoms with Crippen molar-refractivity contribution >= 4 is 0 Å². The summed E-state index contributed by atoms with van der Waals surface area (Å²) in [7, 11) is 0. The van der Waals surface area contributed by atoms with Crippen LogP contribution in [0, 0.1) is 0 Å². The zero-order valence-electron chi connectivity index (χ0n) is 11.0. The average molecular weight is 253 g/mol. The Balaban J connectivity index is 2.00. The molecule has 0 aliphatic heterocycles. The number of nitrogens with two attached hydrogens (primary N) is 1. The van der Waals surface area contributed by atoms with Crippen molar-refractivity contribution in [3.8, 4) is 11.5 Å². The molecule has 0 aromatic heterocycles. The van der Waals surface area contributed by atoms with Crippen LogP contribution in [-0.2, 0) is 0 Å². The number of hydrogen-bond acceptors (Lipinski definition) is 2. The van der Waals surface area contributed by atoms with Crippen molar-refractivity contribution in [3.05, 3.63) is 72.8 Å². The molecule has 2 rings (SSSR count). The van der Waals surface area contributed by atoms with Gasteiger partial charge >= 0.3 is 0 Å². The lowest BCUT2D eigenvalue weighted by Gasteiger charge is -2.12. The fourth-order valence-electron chi connectivity index (χ4n) is 1.87. The second-order valence-corrected chi connectivity index (χ2v) is 4.46. The van der Waals surface area contributed by atoms with Gasteiger partial charge in [-0.3, -0.25) is 0 Å². The molecule has 0 bridgehead atoms. The van der Waals surface area contributed by atoms with Gasteiger partial charge in [-0.2, -0.15) is 0 Å². The Bertz CT molecular complexity index is 505. The van der Waals surface area contributed by atoms with Crippen LogP contribution in [0.25, 0.3) is 0 Å². The molecule has 2 nitrogen and oxygen atoms in total. The van der Waals surface area contributed by atoms with Gasteiger partial charge in [0.1, 0.15) is 11.5 Å². The Morgan fingerprint density at radius 3 is 2.26 bits per heavy atom. The summed E-state index contributed by atoms with van der Waals surface area (Å²) in [5.74, 6) is 1.66. The first-order valence-electron chi connectivity index (χ1n) is 6.49. The number of hydrogen-bond donors (Lipinski definition) is 1. The van der Waals surface area contributed by atoms with Gasteiger partial charge in [0, 0.05) is 6.04 Å². The molecule has 2 aromatic rings. The highest BCUT2D eigenvalue weighted by molar-refractivity contribution is 5.33. The minimum atomic E-state index is 0.0591. The van der Waals surface area contributed by atoms with Gasteiger partial charge in [0.25, 0.3) is 0 Å². The number of ether oxygens (including phenoxy) is 1. The van der Waals surface area contributed by atoms with E-state index in [9.17, 15) is 0 Å². The minimum absolute atomic E-state index is 0.0591. The molecule has 0 aliphatic rings. The molecule has 0 saturated heterocycles. The number of allylic oxidation sites excluding steroid dienone is 1. The molecular formula is C17H19NO. The third-order valence-corrected chi connectivity index (χ3v) is 2.97. The van der Waals surface area contributed by atoms with Crippen LogP contribution in [0.3, 0.4) is 0 Å². The predicted molar refractivity (Wildman–Crippen MR) is 79.3 cm³/mol. The van der Waals surface area contributed by atoms with Gasteiger partial charge in [0.2, 0.25) is 0 Å². The van der Waals surface area contributed by atoms with Crippen molar-refractivity contribution in [2.24, 2.45) is 5.73 Å². The minimum Gasteiger partial charge on any atom is -0.457 e. The quantitative estimate of drug-likeness (QED) is 0.772. The van der Waals surface area contributed by atoms with E-state index in [-0.39, 0.29) is 6.04 Å². The molecule has 1 atom stereocenters. The maximum Gasteiger partial charge on any atom is 0.127 e. The predicted octanol–water partition coefficient (Wildman–Crippen LogP) is 4.44. The van der Waals surface area contributed by atoms with Crippen LogP contribution in [-0.4, -0.2) is 0 Å². The highest BCUT2D eigenvalue weighted by atomic mass is 16.5. The number of para-hydroxylation sites is 1. The smallest absolute Gasteiger partial charge is 0.127 e. The van der Waals surface area contributed by atoms with E-state index in [1.807, 2.05) is 60.7 Å². The van der Waals surface area contributed by atoms with E-state index in [1.54, 1.807) is 0 Å². The molecule has 2 N–H and O–H groups in total. The van der Waals surface area contributed by atoms with Gasteiger partial charge in [-0.25, -0.2) is 0 Å². The van der Waals surface area contributed by atoms with Crippen molar-refractivity contribution in [3.63, 3.8) is 0 Å². The van der Waals surface area contributed by atoms with E-state index in [0.29, 0.717) is 0 Å². The lowest BCUT2D eigenvalue weighted by molar-refractivity contribution is 0.482. The molecule has 2 aromatic carbocycles. The van der Waals surface area contributed by atoms with Gasteiger partial charge in [0.05, 0.1) is 0 Å². The average Bonchev–Trinajstić information content (AvgIpc) is 2.46. The van der Waals surface area contributed by atoms with Crippen molar-refractivity contribution in [1.29, 1.82) is 0 Å². The number of rotatable bonds is 6. The summed E-state index contributed by atoms with van der Waals surface area (Å²) in [6.45, 7) is 3.71. The first-order chi connectivity index (χ1) is 9.29. The summed E-state index contributed by atoms with van der Waals surface area (Å²) in [6.07, 6.45) is 3.75. The maximum atomic E-state index is 6.10. The van der Waals surface area contributed by atoms with Gasteiger partial charge in [-0.05, 0) is 42.7 Å². The van der Waals surface area contributed by atoms with Crippen LogP contribution < -0.4 is 10.5 Å². The third kappa shape index (κ3) is 3.97. The fraction of sp³-hybridized carbons (Fsp3) is 0.176. The molecule has 0 spiro atoms. The standard InChI is InChI=1S/C17H19NO/c1-2-3-9-17(18)14-10-12-16(13-11-14)19-15-7-5-4-6-8-15/h2,4-8,10-13,17H,1,3,9,18H2.